The van der Waals surface area contributed by atoms with Crippen LogP contribution in [0, 0.1) is 20.8 Å². The van der Waals surface area contributed by atoms with Gasteiger partial charge < -0.3 is 88.2 Å². The predicted molar refractivity (Wildman–Crippen MR) is 473 cm³/mol. The number of hydrogen-bond donors (Lipinski definition) is 1. The quantitative estimate of drug-likeness (QED) is 0.0255. The Morgan fingerprint density at radius 2 is 0.815 bits per heavy atom. The van der Waals surface area contributed by atoms with Crippen LogP contribution >= 0.6 is 11.6 Å². The second-order valence-corrected chi connectivity index (χ2v) is 29.1. The number of anilines is 3. The fourth-order valence-corrected chi connectivity index (χ4v) is 14.0. The number of pyridine rings is 3. The standard InChI is InChI=1S/2C29H36N4O5.C25H27N3O5.C4H10ClN.3CH4.Na.H/c1-6-38-29(36)25-26(23-19-20(2)7-12-24(23)33(28(25)35)18-13-30(3)4)31-14-16-32(17-15-31)27(34)21-8-10-22(37-5)11-9-21;1-6-37-29(35)25-26(23-19-20(2)7-12-24(23)30-27(25)38-18-17-31(3)4)32-13-15-33(16-14-32)28(34)21-8-10-22(36-5)11-9-21;1-4-33-25(31)21-22(19-15-16(2)5-10-20(19)26-23(21)29)27-11-13-28(14-12-27)24(30)17-6-8-18(32-3)9-7-17;1-6(2)4-3-5;;;;;/h2*7-12,19H,6,13-18H2,1-5H3;5-10,15H,4,11-14H2,1-3H3,(H,26,29);3-4H2,1-2H3;3*1H4;;/q;;;;;;;+1;-1. The molecule has 0 unspecified atom stereocenters. The topological polar surface area (TPSA) is 264 Å². The fraction of sp³-hybridized carbons (Fsp3) is 0.433. The van der Waals surface area contributed by atoms with Gasteiger partial charge in [0.05, 0.1) is 74.8 Å². The molecule has 0 saturated carbocycles. The van der Waals surface area contributed by atoms with Crippen LogP contribution in [0.25, 0.3) is 32.7 Å². The number of fused-ring (bicyclic) bond motifs is 3. The minimum absolute atomic E-state index is 0. The summed E-state index contributed by atoms with van der Waals surface area (Å²) in [7, 11) is 16.6. The van der Waals surface area contributed by atoms with Crippen molar-refractivity contribution in [1.29, 1.82) is 0 Å². The van der Waals surface area contributed by atoms with Crippen molar-refractivity contribution in [2.24, 2.45) is 0 Å². The Bertz CT molecular complexity index is 4990. The molecule has 0 bridgehead atoms. The molecule has 3 aliphatic heterocycles. The number of amides is 3. The van der Waals surface area contributed by atoms with Gasteiger partial charge in [0.25, 0.3) is 28.8 Å². The van der Waals surface area contributed by atoms with Crippen molar-refractivity contribution in [3.8, 4) is 23.1 Å². The van der Waals surface area contributed by atoms with Crippen LogP contribution < -0.4 is 74.3 Å². The summed E-state index contributed by atoms with van der Waals surface area (Å²) >= 11 is 5.35. The summed E-state index contributed by atoms with van der Waals surface area (Å²) in [6.45, 7) is 20.8. The molecule has 6 aromatic carbocycles. The third-order valence-electron chi connectivity index (χ3n) is 19.8. The van der Waals surface area contributed by atoms with Crippen molar-refractivity contribution in [3.05, 3.63) is 198 Å². The smallest absolute Gasteiger partial charge is 1.00 e. The Kier molecular flexibility index (Phi) is 39.6. The van der Waals surface area contributed by atoms with E-state index in [9.17, 15) is 38.4 Å². The molecule has 29 heteroatoms. The molecule has 12 rings (SSSR count). The van der Waals surface area contributed by atoms with Crippen LogP contribution in [0.15, 0.2) is 137 Å². The molecule has 3 saturated heterocycles. The van der Waals surface area contributed by atoms with Gasteiger partial charge in [-0.15, -0.1) is 11.6 Å². The molecular weight excluding hydrogens is 1550 g/mol. The Morgan fingerprint density at radius 3 is 1.20 bits per heavy atom. The minimum atomic E-state index is -0.645. The van der Waals surface area contributed by atoms with Crippen LogP contribution in [-0.2, 0) is 20.8 Å². The zero-order chi connectivity index (χ0) is 83.2. The van der Waals surface area contributed by atoms with Gasteiger partial charge >= 0.3 is 47.5 Å². The van der Waals surface area contributed by atoms with E-state index in [1.807, 2.05) is 147 Å². The number of aryl methyl sites for hydroxylation is 3. The number of hydrogen-bond acceptors (Lipinski definition) is 22. The van der Waals surface area contributed by atoms with Crippen LogP contribution in [-0.4, -0.2) is 274 Å². The fourth-order valence-electron chi connectivity index (χ4n) is 13.7. The molecule has 0 aliphatic carbocycles. The van der Waals surface area contributed by atoms with Gasteiger partial charge in [-0.05, 0) is 193 Å². The molecule has 3 fully saturated rings. The number of carbonyl (C=O) groups excluding carboxylic acids is 6. The number of H-pyrrole nitrogens is 1. The number of ether oxygens (including phenoxy) is 7. The molecule has 0 atom stereocenters. The first-order valence-corrected chi connectivity index (χ1v) is 39.3. The molecule has 3 amide bonds. The number of rotatable bonds is 24. The van der Waals surface area contributed by atoms with Gasteiger partial charge in [-0.3, -0.25) is 24.0 Å². The summed E-state index contributed by atoms with van der Waals surface area (Å²) < 4.78 is 39.3. The zero-order valence-electron chi connectivity index (χ0n) is 70.9. The van der Waals surface area contributed by atoms with Crippen molar-refractivity contribution in [3.63, 3.8) is 0 Å². The molecule has 0 spiro atoms. The maximum absolute atomic E-state index is 13.8. The van der Waals surface area contributed by atoms with Gasteiger partial charge in [0, 0.05) is 143 Å². The third-order valence-corrected chi connectivity index (χ3v) is 20.0. The van der Waals surface area contributed by atoms with Crippen LogP contribution in [0.3, 0.4) is 0 Å². The van der Waals surface area contributed by atoms with E-state index in [4.69, 9.17) is 49.7 Å². The SMILES string of the molecule is C.C.C.CCOC(=O)c1c(N2CCN(C(=O)c3ccc(OC)cc3)CC2)c2cc(C)ccc2[nH]c1=O.CCOC(=O)c1c(N2CCN(C(=O)c3ccc(OC)cc3)CC2)c2cc(C)ccc2n(CCN(C)C)c1=O.CCOC(=O)c1c(OCCN(C)C)nc2ccc(C)cc2c1N1CCN(C(=O)c2ccc(OC)cc2)CC1.CN(C)CCCl.[H-].[Na+]. The number of piperazine rings is 3. The Labute approximate surface area is 729 Å². The molecule has 1 N–H and O–H groups in total. The Morgan fingerprint density at radius 1 is 0.454 bits per heavy atom. The second kappa shape index (κ2) is 47.5. The van der Waals surface area contributed by atoms with E-state index in [1.165, 1.54) is 0 Å². The van der Waals surface area contributed by atoms with Gasteiger partial charge in [0.15, 0.2) is 0 Å². The maximum Gasteiger partial charge on any atom is 1.00 e. The minimum Gasteiger partial charge on any atom is -1.00 e. The maximum atomic E-state index is 13.8. The van der Waals surface area contributed by atoms with Crippen molar-refractivity contribution < 1.29 is 92.9 Å². The van der Waals surface area contributed by atoms with E-state index in [-0.39, 0.29) is 113 Å². The molecule has 6 heterocycles. The first-order chi connectivity index (χ1) is 55.3. The summed E-state index contributed by atoms with van der Waals surface area (Å²) in [6, 6.07) is 38.9. The van der Waals surface area contributed by atoms with Gasteiger partial charge in [-0.1, -0.05) is 57.2 Å². The number of esters is 3. The summed E-state index contributed by atoms with van der Waals surface area (Å²) in [5.74, 6) is 1.23. The monoisotopic (exact) mass is 1670 g/mol. The number of aromatic amines is 1. The van der Waals surface area contributed by atoms with E-state index in [1.54, 1.807) is 129 Å². The number of likely N-dealkylation sites (N-methyl/N-ethyl adjacent to an activating group) is 2. The normalized spacial score (nSPS) is 13.1. The summed E-state index contributed by atoms with van der Waals surface area (Å²) in [6.07, 6.45) is 0. The molecule has 640 valence electrons. The van der Waals surface area contributed by atoms with E-state index in [2.05, 4.69) is 9.88 Å². The Balaban J connectivity index is 0.000000359. The van der Waals surface area contributed by atoms with Crippen molar-refractivity contribution >= 4 is 97.0 Å². The summed E-state index contributed by atoms with van der Waals surface area (Å²) in [5.41, 5.74) is 8.54. The van der Waals surface area contributed by atoms with Crippen molar-refractivity contribution in [2.75, 3.05) is 209 Å². The molecular formula is C90H122ClN12NaO15. The van der Waals surface area contributed by atoms with E-state index in [0.29, 0.717) is 161 Å². The number of aromatic nitrogens is 3. The largest absolute Gasteiger partial charge is 1.00 e. The average Bonchev–Trinajstić information content (AvgIpc) is 0.722. The van der Waals surface area contributed by atoms with Gasteiger partial charge in [0.2, 0.25) is 5.88 Å². The third kappa shape index (κ3) is 25.4. The molecule has 0 radical (unpaired) electrons. The van der Waals surface area contributed by atoms with Gasteiger partial charge in [-0.25, -0.2) is 19.4 Å². The summed E-state index contributed by atoms with van der Waals surface area (Å²) in [4.78, 5) is 130. The zero-order valence-corrected chi connectivity index (χ0v) is 72.7. The molecule has 119 heavy (non-hydrogen) atoms. The molecule has 27 nitrogen and oxygen atoms in total. The van der Waals surface area contributed by atoms with Gasteiger partial charge in [-0.2, -0.15) is 0 Å². The van der Waals surface area contributed by atoms with Crippen molar-refractivity contribution in [2.45, 2.75) is 70.4 Å². The number of nitrogens with one attached hydrogen (secondary N) is 1. The van der Waals surface area contributed by atoms with Crippen LogP contribution in [0.2, 0.25) is 0 Å². The number of methoxy groups -OCH3 is 3. The van der Waals surface area contributed by atoms with E-state index in [0.717, 1.165) is 62.0 Å². The van der Waals surface area contributed by atoms with Gasteiger partial charge in [0.1, 0.15) is 40.5 Å². The molecule has 3 aromatic heterocycles. The van der Waals surface area contributed by atoms with Crippen molar-refractivity contribution in [1.82, 2.24) is 43.9 Å². The molecule has 9 aromatic rings. The second-order valence-electron chi connectivity index (χ2n) is 28.7. The first-order valence-electron chi connectivity index (χ1n) is 38.7. The van der Waals surface area contributed by atoms with E-state index < -0.39 is 23.5 Å². The number of nitrogens with zero attached hydrogens (tertiary/aromatic N) is 11. The number of halogens is 1. The number of carbonyl (C=O) groups is 6. The predicted octanol–water partition coefficient (Wildman–Crippen LogP) is 9.45. The number of alkyl halides is 1. The average molecular weight is 1670 g/mol. The number of benzene rings is 6. The van der Waals surface area contributed by atoms with Crippen LogP contribution in [0.4, 0.5) is 17.1 Å². The Hall–Kier alpha value is -10.3. The molecule has 3 aliphatic rings. The van der Waals surface area contributed by atoms with Crippen LogP contribution in [0.5, 0.6) is 23.1 Å². The van der Waals surface area contributed by atoms with E-state index >= 15 is 0 Å². The first kappa shape index (κ1) is 99.3. The van der Waals surface area contributed by atoms with Crippen LogP contribution in [0.1, 0.15) is 123 Å². The summed E-state index contributed by atoms with van der Waals surface area (Å²) in [5, 5.41) is 2.48.